The molecule has 0 fully saturated rings. The van der Waals surface area contributed by atoms with Crippen molar-refractivity contribution in [3.8, 4) is 17.2 Å². The number of nitrogens with zero attached hydrogens (tertiary/aromatic N) is 1. The third kappa shape index (κ3) is 2.82. The second-order valence-corrected chi connectivity index (χ2v) is 5.81. The zero-order valence-corrected chi connectivity index (χ0v) is 14.3. The molecule has 0 amide bonds. The van der Waals surface area contributed by atoms with Crippen molar-refractivity contribution in [1.29, 1.82) is 0 Å². The first-order valence-corrected chi connectivity index (χ1v) is 8.28. The monoisotopic (exact) mass is 343 g/mol. The number of carbonyl (C=O) groups is 1. The minimum atomic E-state index is -0.424. The zero-order chi connectivity index (χ0) is 17.9. The molecule has 0 aliphatic carbocycles. The van der Waals surface area contributed by atoms with Gasteiger partial charge >= 0.3 is 5.97 Å². The highest BCUT2D eigenvalue weighted by Gasteiger charge is 2.16. The van der Waals surface area contributed by atoms with Gasteiger partial charge in [-0.1, -0.05) is 42.5 Å². The van der Waals surface area contributed by atoms with Crippen LogP contribution in [-0.2, 0) is 4.74 Å². The Bertz CT molecular complexity index is 1070. The van der Waals surface area contributed by atoms with Crippen LogP contribution in [0.5, 0.6) is 11.5 Å². The number of para-hydroxylation sites is 3. The molecule has 4 rings (SSSR count). The van der Waals surface area contributed by atoms with Gasteiger partial charge in [-0.15, -0.1) is 0 Å². The molecule has 128 valence electrons. The van der Waals surface area contributed by atoms with Crippen LogP contribution < -0.4 is 4.74 Å². The standard InChI is InChI=1S/C22H17NO3/c1-25-22(24)18-12-6-8-14-20(18)26-21-15-23(16-9-3-2-4-10-16)19-13-7-5-11-17(19)21/h2-15H,1H3. The summed E-state index contributed by atoms with van der Waals surface area (Å²) < 4.78 is 13.1. The number of ether oxygens (including phenoxy) is 2. The first-order chi connectivity index (χ1) is 12.8. The minimum Gasteiger partial charge on any atom is -0.465 e. The van der Waals surface area contributed by atoms with Crippen molar-refractivity contribution >= 4 is 16.9 Å². The Kier molecular flexibility index (Phi) is 4.15. The van der Waals surface area contributed by atoms with Crippen molar-refractivity contribution < 1.29 is 14.3 Å². The van der Waals surface area contributed by atoms with E-state index in [1.54, 1.807) is 18.2 Å². The molecule has 0 bridgehead atoms. The van der Waals surface area contributed by atoms with E-state index in [0.717, 1.165) is 16.6 Å². The van der Waals surface area contributed by atoms with E-state index in [1.807, 2.05) is 66.9 Å². The van der Waals surface area contributed by atoms with Crippen LogP contribution in [0.2, 0.25) is 0 Å². The number of aromatic nitrogens is 1. The molecule has 26 heavy (non-hydrogen) atoms. The molecule has 1 aromatic heterocycles. The molecule has 4 heteroatoms. The number of carbonyl (C=O) groups excluding carboxylic acids is 1. The van der Waals surface area contributed by atoms with Gasteiger partial charge < -0.3 is 14.0 Å². The van der Waals surface area contributed by atoms with Crippen LogP contribution in [-0.4, -0.2) is 17.6 Å². The molecule has 0 aliphatic rings. The summed E-state index contributed by atoms with van der Waals surface area (Å²) in [6.45, 7) is 0. The second-order valence-electron chi connectivity index (χ2n) is 5.81. The molecule has 0 aliphatic heterocycles. The number of hydrogen-bond acceptors (Lipinski definition) is 3. The van der Waals surface area contributed by atoms with E-state index in [9.17, 15) is 4.79 Å². The fourth-order valence-corrected chi connectivity index (χ4v) is 2.98. The lowest BCUT2D eigenvalue weighted by atomic mass is 10.2. The van der Waals surface area contributed by atoms with Crippen LogP contribution in [0.1, 0.15) is 10.4 Å². The van der Waals surface area contributed by atoms with Crippen LogP contribution in [0.4, 0.5) is 0 Å². The van der Waals surface area contributed by atoms with E-state index < -0.39 is 5.97 Å². The van der Waals surface area contributed by atoms with E-state index in [0.29, 0.717) is 17.1 Å². The molecule has 0 saturated carbocycles. The Morgan fingerprint density at radius 1 is 0.808 bits per heavy atom. The molecule has 4 aromatic rings. The molecule has 0 saturated heterocycles. The molecule has 3 aromatic carbocycles. The molecule has 0 radical (unpaired) electrons. The number of rotatable bonds is 4. The number of benzene rings is 3. The molecule has 0 unspecified atom stereocenters. The Morgan fingerprint density at radius 3 is 2.31 bits per heavy atom. The number of methoxy groups -OCH3 is 1. The fraction of sp³-hybridized carbons (Fsp3) is 0.0455. The fourth-order valence-electron chi connectivity index (χ4n) is 2.98. The van der Waals surface area contributed by atoms with Gasteiger partial charge in [-0.3, -0.25) is 0 Å². The van der Waals surface area contributed by atoms with E-state index in [-0.39, 0.29) is 0 Å². The topological polar surface area (TPSA) is 40.5 Å². The lowest BCUT2D eigenvalue weighted by Crippen LogP contribution is -2.03. The van der Waals surface area contributed by atoms with Gasteiger partial charge in [0, 0.05) is 11.1 Å². The third-order valence-electron chi connectivity index (χ3n) is 4.22. The SMILES string of the molecule is COC(=O)c1ccccc1Oc1cn(-c2ccccc2)c2ccccc12. The first-order valence-electron chi connectivity index (χ1n) is 8.28. The van der Waals surface area contributed by atoms with Gasteiger partial charge in [0.2, 0.25) is 0 Å². The van der Waals surface area contributed by atoms with E-state index in [2.05, 4.69) is 4.57 Å². The Labute approximate surface area is 151 Å². The Morgan fingerprint density at radius 2 is 1.50 bits per heavy atom. The Balaban J connectivity index is 1.83. The largest absolute Gasteiger partial charge is 0.465 e. The van der Waals surface area contributed by atoms with Gasteiger partial charge in [-0.25, -0.2) is 4.79 Å². The third-order valence-corrected chi connectivity index (χ3v) is 4.22. The van der Waals surface area contributed by atoms with Crippen molar-refractivity contribution in [2.24, 2.45) is 0 Å². The van der Waals surface area contributed by atoms with Gasteiger partial charge in [0.25, 0.3) is 0 Å². The summed E-state index contributed by atoms with van der Waals surface area (Å²) in [6.07, 6.45) is 1.94. The molecule has 1 heterocycles. The summed E-state index contributed by atoms with van der Waals surface area (Å²) in [5.74, 6) is 0.725. The number of esters is 1. The lowest BCUT2D eigenvalue weighted by molar-refractivity contribution is 0.0598. The van der Waals surface area contributed by atoms with Crippen molar-refractivity contribution in [2.75, 3.05) is 7.11 Å². The van der Waals surface area contributed by atoms with Gasteiger partial charge in [0.1, 0.15) is 11.3 Å². The van der Waals surface area contributed by atoms with E-state index in [4.69, 9.17) is 9.47 Å². The maximum Gasteiger partial charge on any atom is 0.341 e. The van der Waals surface area contributed by atoms with Gasteiger partial charge in [-0.2, -0.15) is 0 Å². The average molecular weight is 343 g/mol. The highest BCUT2D eigenvalue weighted by atomic mass is 16.5. The smallest absolute Gasteiger partial charge is 0.341 e. The first kappa shape index (κ1) is 16.0. The van der Waals surface area contributed by atoms with E-state index in [1.165, 1.54) is 7.11 Å². The van der Waals surface area contributed by atoms with Crippen molar-refractivity contribution in [1.82, 2.24) is 4.57 Å². The van der Waals surface area contributed by atoms with Crippen molar-refractivity contribution in [3.63, 3.8) is 0 Å². The van der Waals surface area contributed by atoms with Crippen LogP contribution in [0.15, 0.2) is 85.1 Å². The maximum absolute atomic E-state index is 12.0. The molecular formula is C22H17NO3. The van der Waals surface area contributed by atoms with Crippen LogP contribution in [0.25, 0.3) is 16.6 Å². The average Bonchev–Trinajstić information content (AvgIpc) is 3.07. The van der Waals surface area contributed by atoms with E-state index >= 15 is 0 Å². The van der Waals surface area contributed by atoms with Gasteiger partial charge in [0.15, 0.2) is 5.75 Å². The predicted molar refractivity (Wildman–Crippen MR) is 101 cm³/mol. The lowest BCUT2D eigenvalue weighted by Gasteiger charge is -2.08. The highest BCUT2D eigenvalue weighted by molar-refractivity contribution is 5.93. The molecule has 0 atom stereocenters. The normalized spacial score (nSPS) is 10.7. The highest BCUT2D eigenvalue weighted by Crippen LogP contribution is 2.35. The molecule has 0 N–H and O–H groups in total. The van der Waals surface area contributed by atoms with Crippen molar-refractivity contribution in [2.45, 2.75) is 0 Å². The summed E-state index contributed by atoms with van der Waals surface area (Å²) >= 11 is 0. The van der Waals surface area contributed by atoms with Gasteiger partial charge in [0.05, 0.1) is 18.8 Å². The summed E-state index contributed by atoms with van der Waals surface area (Å²) in [6, 6.07) is 25.1. The van der Waals surface area contributed by atoms with Gasteiger partial charge in [-0.05, 0) is 36.4 Å². The van der Waals surface area contributed by atoms with Crippen molar-refractivity contribution in [3.05, 3.63) is 90.6 Å². The summed E-state index contributed by atoms with van der Waals surface area (Å²) in [5.41, 5.74) is 2.47. The molecule has 4 nitrogen and oxygen atoms in total. The minimum absolute atomic E-state index is 0.395. The quantitative estimate of drug-likeness (QED) is 0.478. The zero-order valence-electron chi connectivity index (χ0n) is 14.3. The summed E-state index contributed by atoms with van der Waals surface area (Å²) in [5, 5.41) is 0.969. The number of fused-ring (bicyclic) bond motifs is 1. The predicted octanol–water partition coefficient (Wildman–Crippen LogP) is 5.21. The molecular weight excluding hydrogens is 326 g/mol. The van der Waals surface area contributed by atoms with Crippen LogP contribution in [0, 0.1) is 0 Å². The summed E-state index contributed by atoms with van der Waals surface area (Å²) in [4.78, 5) is 12.0. The maximum atomic E-state index is 12.0. The summed E-state index contributed by atoms with van der Waals surface area (Å²) in [7, 11) is 1.36. The van der Waals surface area contributed by atoms with Crippen LogP contribution >= 0.6 is 0 Å². The second kappa shape index (κ2) is 6.76. The van der Waals surface area contributed by atoms with Crippen LogP contribution in [0.3, 0.4) is 0 Å². The molecule has 0 spiro atoms. The number of hydrogen-bond donors (Lipinski definition) is 0. The Hall–Kier alpha value is -3.53.